The molecule has 2 nitrogen and oxygen atoms in total. The molecular formula is C21H23NO. The maximum atomic E-state index is 5.42. The number of para-hydroxylation sites is 1. The summed E-state index contributed by atoms with van der Waals surface area (Å²) in [5, 5.41) is 6.26. The average Bonchev–Trinajstić information content (AvgIpc) is 2.61. The predicted octanol–water partition coefficient (Wildman–Crippen LogP) is 4.74. The van der Waals surface area contributed by atoms with Gasteiger partial charge in [-0.05, 0) is 47.9 Å². The lowest BCUT2D eigenvalue weighted by Gasteiger charge is -2.17. The molecule has 23 heavy (non-hydrogen) atoms. The van der Waals surface area contributed by atoms with Crippen LogP contribution in [0.1, 0.15) is 24.1 Å². The molecule has 0 bridgehead atoms. The van der Waals surface area contributed by atoms with E-state index in [1.807, 2.05) is 12.1 Å². The smallest absolute Gasteiger partial charge is 0.122 e. The number of hydrogen-bond acceptors (Lipinski definition) is 2. The molecule has 1 N–H and O–H groups in total. The third kappa shape index (κ3) is 3.54. The molecule has 0 aliphatic carbocycles. The maximum absolute atomic E-state index is 5.42. The third-order valence-corrected chi connectivity index (χ3v) is 4.33. The topological polar surface area (TPSA) is 21.3 Å². The van der Waals surface area contributed by atoms with Crippen molar-refractivity contribution in [3.05, 3.63) is 77.9 Å². The molecule has 0 heterocycles. The van der Waals surface area contributed by atoms with Crippen LogP contribution in [-0.2, 0) is 6.42 Å². The Labute approximate surface area is 138 Å². The van der Waals surface area contributed by atoms with Crippen molar-refractivity contribution in [2.45, 2.75) is 19.4 Å². The van der Waals surface area contributed by atoms with Crippen molar-refractivity contribution >= 4 is 10.8 Å². The number of ether oxygens (including phenoxy) is 1. The normalized spacial score (nSPS) is 12.3. The molecule has 0 saturated carbocycles. The Morgan fingerprint density at radius 2 is 1.65 bits per heavy atom. The molecule has 0 aromatic heterocycles. The summed E-state index contributed by atoms with van der Waals surface area (Å²) in [6, 6.07) is 23.6. The molecular weight excluding hydrogens is 282 g/mol. The van der Waals surface area contributed by atoms with E-state index in [2.05, 4.69) is 66.8 Å². The van der Waals surface area contributed by atoms with Crippen molar-refractivity contribution in [1.29, 1.82) is 0 Å². The van der Waals surface area contributed by atoms with E-state index in [9.17, 15) is 0 Å². The van der Waals surface area contributed by atoms with Crippen LogP contribution in [0.3, 0.4) is 0 Å². The maximum Gasteiger partial charge on any atom is 0.122 e. The molecule has 0 aliphatic heterocycles. The van der Waals surface area contributed by atoms with Crippen LogP contribution in [0.4, 0.5) is 0 Å². The number of methoxy groups -OCH3 is 1. The van der Waals surface area contributed by atoms with Gasteiger partial charge in [0.25, 0.3) is 0 Å². The van der Waals surface area contributed by atoms with Crippen LogP contribution in [0.15, 0.2) is 66.7 Å². The fraction of sp³-hybridized carbons (Fsp3) is 0.238. The van der Waals surface area contributed by atoms with E-state index < -0.39 is 0 Å². The second kappa shape index (κ2) is 7.30. The molecule has 0 fully saturated rings. The van der Waals surface area contributed by atoms with Gasteiger partial charge in [-0.25, -0.2) is 0 Å². The molecule has 118 valence electrons. The molecule has 0 aliphatic rings. The van der Waals surface area contributed by atoms with Gasteiger partial charge in [0.05, 0.1) is 7.11 Å². The van der Waals surface area contributed by atoms with Crippen LogP contribution in [0, 0.1) is 0 Å². The van der Waals surface area contributed by atoms with E-state index in [0.29, 0.717) is 6.04 Å². The van der Waals surface area contributed by atoms with Gasteiger partial charge in [0, 0.05) is 6.04 Å². The van der Waals surface area contributed by atoms with Crippen LogP contribution in [-0.4, -0.2) is 13.7 Å². The molecule has 0 amide bonds. The van der Waals surface area contributed by atoms with E-state index in [-0.39, 0.29) is 0 Å². The van der Waals surface area contributed by atoms with Gasteiger partial charge in [0.2, 0.25) is 0 Å². The zero-order valence-corrected chi connectivity index (χ0v) is 13.8. The second-order valence-corrected chi connectivity index (χ2v) is 5.81. The predicted molar refractivity (Wildman–Crippen MR) is 97.1 cm³/mol. The second-order valence-electron chi connectivity index (χ2n) is 5.81. The van der Waals surface area contributed by atoms with Gasteiger partial charge in [-0.2, -0.15) is 0 Å². The van der Waals surface area contributed by atoms with Crippen LogP contribution >= 0.6 is 0 Å². The molecule has 0 spiro atoms. The quantitative estimate of drug-likeness (QED) is 0.710. The Kier molecular flexibility index (Phi) is 4.94. The largest absolute Gasteiger partial charge is 0.496 e. The minimum Gasteiger partial charge on any atom is -0.496 e. The Bertz CT molecular complexity index is 776. The van der Waals surface area contributed by atoms with E-state index in [0.717, 1.165) is 18.7 Å². The van der Waals surface area contributed by atoms with Gasteiger partial charge >= 0.3 is 0 Å². The molecule has 1 atom stereocenters. The number of hydrogen-bond donors (Lipinski definition) is 1. The fourth-order valence-electron chi connectivity index (χ4n) is 3.07. The molecule has 1 unspecified atom stereocenters. The standard InChI is InChI=1S/C21H23NO/c1-16(19-12-7-10-17-8-3-5-11-20(17)19)22-15-14-18-9-4-6-13-21(18)23-2/h3-13,16,22H,14-15H2,1-2H3. The highest BCUT2D eigenvalue weighted by Crippen LogP contribution is 2.24. The lowest BCUT2D eigenvalue weighted by Crippen LogP contribution is -2.21. The first kappa shape index (κ1) is 15.6. The average molecular weight is 305 g/mol. The van der Waals surface area contributed by atoms with Gasteiger partial charge in [-0.15, -0.1) is 0 Å². The number of fused-ring (bicyclic) bond motifs is 1. The van der Waals surface area contributed by atoms with Gasteiger partial charge < -0.3 is 10.1 Å². The van der Waals surface area contributed by atoms with E-state index in [1.54, 1.807) is 7.11 Å². The van der Waals surface area contributed by atoms with Gasteiger partial charge in [0.15, 0.2) is 0 Å². The van der Waals surface area contributed by atoms with Crippen molar-refractivity contribution in [2.24, 2.45) is 0 Å². The molecule has 0 radical (unpaired) electrons. The summed E-state index contributed by atoms with van der Waals surface area (Å²) < 4.78 is 5.42. The highest BCUT2D eigenvalue weighted by Gasteiger charge is 2.09. The zero-order valence-electron chi connectivity index (χ0n) is 13.8. The monoisotopic (exact) mass is 305 g/mol. The minimum atomic E-state index is 0.316. The van der Waals surface area contributed by atoms with Crippen LogP contribution < -0.4 is 10.1 Å². The Morgan fingerprint density at radius 1 is 0.913 bits per heavy atom. The van der Waals surface area contributed by atoms with E-state index >= 15 is 0 Å². The number of benzene rings is 3. The van der Waals surface area contributed by atoms with Crippen LogP contribution in [0.5, 0.6) is 5.75 Å². The van der Waals surface area contributed by atoms with Crippen LogP contribution in [0.2, 0.25) is 0 Å². The summed E-state index contributed by atoms with van der Waals surface area (Å²) in [5.74, 6) is 0.965. The van der Waals surface area contributed by atoms with Crippen molar-refractivity contribution < 1.29 is 4.74 Å². The SMILES string of the molecule is COc1ccccc1CCNC(C)c1cccc2ccccc12. The van der Waals surface area contributed by atoms with Crippen molar-refractivity contribution in [3.8, 4) is 5.75 Å². The summed E-state index contributed by atoms with van der Waals surface area (Å²) in [6.07, 6.45) is 0.957. The molecule has 3 rings (SSSR count). The third-order valence-electron chi connectivity index (χ3n) is 4.33. The Morgan fingerprint density at radius 3 is 2.52 bits per heavy atom. The fourth-order valence-corrected chi connectivity index (χ4v) is 3.07. The van der Waals surface area contributed by atoms with Gasteiger partial charge in [0.1, 0.15) is 5.75 Å². The summed E-state index contributed by atoms with van der Waals surface area (Å²) in [5.41, 5.74) is 2.59. The molecule has 3 aromatic carbocycles. The molecule has 3 aromatic rings. The highest BCUT2D eigenvalue weighted by atomic mass is 16.5. The minimum absolute atomic E-state index is 0.316. The summed E-state index contributed by atoms with van der Waals surface area (Å²) in [4.78, 5) is 0. The van der Waals surface area contributed by atoms with Gasteiger partial charge in [-0.3, -0.25) is 0 Å². The lowest BCUT2D eigenvalue weighted by molar-refractivity contribution is 0.408. The zero-order chi connectivity index (χ0) is 16.1. The first-order valence-corrected chi connectivity index (χ1v) is 8.12. The van der Waals surface area contributed by atoms with E-state index in [4.69, 9.17) is 4.74 Å². The first-order chi connectivity index (χ1) is 11.3. The Hall–Kier alpha value is -2.32. The first-order valence-electron chi connectivity index (χ1n) is 8.12. The van der Waals surface area contributed by atoms with Crippen molar-refractivity contribution in [2.75, 3.05) is 13.7 Å². The lowest BCUT2D eigenvalue weighted by atomic mass is 9.99. The highest BCUT2D eigenvalue weighted by molar-refractivity contribution is 5.86. The van der Waals surface area contributed by atoms with Crippen molar-refractivity contribution in [1.82, 2.24) is 5.32 Å². The van der Waals surface area contributed by atoms with Gasteiger partial charge in [-0.1, -0.05) is 60.7 Å². The number of nitrogens with one attached hydrogen (secondary N) is 1. The van der Waals surface area contributed by atoms with E-state index in [1.165, 1.54) is 21.9 Å². The molecule has 2 heteroatoms. The Balaban J connectivity index is 1.68. The summed E-state index contributed by atoms with van der Waals surface area (Å²) >= 11 is 0. The van der Waals surface area contributed by atoms with Crippen LogP contribution in [0.25, 0.3) is 10.8 Å². The summed E-state index contributed by atoms with van der Waals surface area (Å²) in [6.45, 7) is 3.15. The summed E-state index contributed by atoms with van der Waals surface area (Å²) in [7, 11) is 1.73. The number of rotatable bonds is 6. The molecule has 0 saturated heterocycles. The van der Waals surface area contributed by atoms with Crippen molar-refractivity contribution in [3.63, 3.8) is 0 Å².